The van der Waals surface area contributed by atoms with Gasteiger partial charge >= 0.3 is 0 Å². The lowest BCUT2D eigenvalue weighted by Gasteiger charge is -2.30. The fraction of sp³-hybridized carbons (Fsp3) is 0.678. The van der Waals surface area contributed by atoms with Gasteiger partial charge in [0.1, 0.15) is 13.2 Å². The van der Waals surface area contributed by atoms with Crippen molar-refractivity contribution in [3.05, 3.63) is 109 Å². The van der Waals surface area contributed by atoms with E-state index in [0.717, 1.165) is 103 Å². The number of carbonyl (C=O) groups excluding carboxylic acids is 1. The molecular formula is C59H103N2O6P. The molecule has 0 fully saturated rings. The first-order valence-electron chi connectivity index (χ1n) is 27.2. The largest absolute Gasteiger partial charge is 0.756 e. The normalized spacial score (nSPS) is 14.9. The predicted molar refractivity (Wildman–Crippen MR) is 292 cm³/mol. The van der Waals surface area contributed by atoms with Gasteiger partial charge in [0.2, 0.25) is 5.91 Å². The number of nitrogens with zero attached hydrogens (tertiary/aromatic N) is 1. The molecule has 0 aromatic carbocycles. The number of likely N-dealkylation sites (N-methyl/N-ethyl adjacent to an activating group) is 1. The Hall–Kier alpha value is -2.84. The second kappa shape index (κ2) is 49.2. The van der Waals surface area contributed by atoms with Crippen LogP contribution in [-0.4, -0.2) is 68.5 Å². The number of quaternary nitrogens is 1. The van der Waals surface area contributed by atoms with E-state index in [4.69, 9.17) is 9.05 Å². The Morgan fingerprint density at radius 1 is 0.529 bits per heavy atom. The van der Waals surface area contributed by atoms with E-state index in [2.05, 4.69) is 129 Å². The van der Waals surface area contributed by atoms with Crippen molar-refractivity contribution in [2.75, 3.05) is 40.9 Å². The zero-order chi connectivity index (χ0) is 49.9. The van der Waals surface area contributed by atoms with Gasteiger partial charge in [0.15, 0.2) is 0 Å². The molecule has 0 radical (unpaired) electrons. The molecule has 0 heterocycles. The minimum atomic E-state index is -4.59. The molecule has 0 saturated heterocycles. The van der Waals surface area contributed by atoms with Crippen molar-refractivity contribution in [2.45, 2.75) is 219 Å². The third kappa shape index (κ3) is 51.0. The number of phosphoric ester groups is 1. The molecule has 8 nitrogen and oxygen atoms in total. The summed E-state index contributed by atoms with van der Waals surface area (Å²) in [6, 6.07) is -0.826. The van der Waals surface area contributed by atoms with Gasteiger partial charge in [-0.25, -0.2) is 0 Å². The van der Waals surface area contributed by atoms with Gasteiger partial charge < -0.3 is 28.8 Å². The molecule has 0 aromatic heterocycles. The molecule has 0 saturated carbocycles. The van der Waals surface area contributed by atoms with Crippen LogP contribution in [0.25, 0.3) is 0 Å². The van der Waals surface area contributed by atoms with Gasteiger partial charge in [-0.2, -0.15) is 0 Å². The van der Waals surface area contributed by atoms with Crippen LogP contribution < -0.4 is 10.2 Å². The Balaban J connectivity index is 4.30. The number of amides is 1. The van der Waals surface area contributed by atoms with Gasteiger partial charge in [-0.3, -0.25) is 9.36 Å². The molecule has 0 aromatic rings. The average Bonchev–Trinajstić information content (AvgIpc) is 3.30. The van der Waals surface area contributed by atoms with Crippen LogP contribution in [0.5, 0.6) is 0 Å². The Morgan fingerprint density at radius 2 is 0.897 bits per heavy atom. The molecule has 0 aliphatic carbocycles. The minimum absolute atomic E-state index is 0.000686. The summed E-state index contributed by atoms with van der Waals surface area (Å²) in [5, 5.41) is 14.0. The van der Waals surface area contributed by atoms with E-state index < -0.39 is 20.0 Å². The fourth-order valence-electron chi connectivity index (χ4n) is 7.27. The number of aliphatic hydroxyl groups excluding tert-OH is 1. The monoisotopic (exact) mass is 967 g/mol. The zero-order valence-corrected chi connectivity index (χ0v) is 45.2. The first kappa shape index (κ1) is 65.2. The number of carbonyl (C=O) groups is 1. The summed E-state index contributed by atoms with van der Waals surface area (Å²) in [7, 11) is 1.26. The van der Waals surface area contributed by atoms with Gasteiger partial charge in [-0.15, -0.1) is 0 Å². The predicted octanol–water partition coefficient (Wildman–Crippen LogP) is 15.8. The van der Waals surface area contributed by atoms with Crippen LogP contribution in [0.2, 0.25) is 0 Å². The highest BCUT2D eigenvalue weighted by atomic mass is 31.2. The fourth-order valence-corrected chi connectivity index (χ4v) is 7.99. The summed E-state index contributed by atoms with van der Waals surface area (Å²) in [5.41, 5.74) is 0. The molecule has 3 atom stereocenters. The van der Waals surface area contributed by atoms with E-state index in [9.17, 15) is 19.4 Å². The summed E-state index contributed by atoms with van der Waals surface area (Å²) in [6.45, 7) is 4.57. The second-order valence-electron chi connectivity index (χ2n) is 19.2. The first-order valence-corrected chi connectivity index (χ1v) is 28.7. The highest BCUT2D eigenvalue weighted by Crippen LogP contribution is 2.38. The Kier molecular flexibility index (Phi) is 47.1. The summed E-state index contributed by atoms with van der Waals surface area (Å²) >= 11 is 0. The number of nitrogens with one attached hydrogen (secondary N) is 1. The van der Waals surface area contributed by atoms with Crippen molar-refractivity contribution in [1.82, 2.24) is 5.32 Å². The summed E-state index contributed by atoms with van der Waals surface area (Å²) < 4.78 is 23.3. The molecule has 0 aliphatic heterocycles. The van der Waals surface area contributed by atoms with E-state index in [1.54, 1.807) is 0 Å². The van der Waals surface area contributed by atoms with Crippen LogP contribution in [0.15, 0.2) is 109 Å². The third-order valence-corrected chi connectivity index (χ3v) is 12.5. The summed E-state index contributed by atoms with van der Waals surface area (Å²) in [5.74, 6) is -0.201. The molecule has 0 aliphatic rings. The lowest BCUT2D eigenvalue weighted by molar-refractivity contribution is -0.870. The summed E-state index contributed by atoms with van der Waals surface area (Å²) in [4.78, 5) is 25.5. The third-order valence-electron chi connectivity index (χ3n) is 11.5. The maximum atomic E-state index is 12.9. The van der Waals surface area contributed by atoms with E-state index in [-0.39, 0.29) is 19.1 Å². The highest BCUT2D eigenvalue weighted by molar-refractivity contribution is 7.45. The van der Waals surface area contributed by atoms with Gasteiger partial charge in [-0.1, -0.05) is 226 Å². The van der Waals surface area contributed by atoms with Crippen LogP contribution in [0.4, 0.5) is 0 Å². The number of hydrogen-bond donors (Lipinski definition) is 2. The van der Waals surface area contributed by atoms with Crippen molar-refractivity contribution < 1.29 is 32.9 Å². The number of phosphoric acid groups is 1. The van der Waals surface area contributed by atoms with Gasteiger partial charge in [0.25, 0.3) is 7.82 Å². The van der Waals surface area contributed by atoms with Crippen molar-refractivity contribution in [3.63, 3.8) is 0 Å². The van der Waals surface area contributed by atoms with Crippen LogP contribution >= 0.6 is 7.82 Å². The molecule has 3 unspecified atom stereocenters. The average molecular weight is 967 g/mol. The molecular weight excluding hydrogens is 864 g/mol. The number of aliphatic hydroxyl groups is 1. The van der Waals surface area contributed by atoms with Crippen LogP contribution in [0.1, 0.15) is 206 Å². The van der Waals surface area contributed by atoms with E-state index in [1.807, 2.05) is 21.1 Å². The van der Waals surface area contributed by atoms with Crippen LogP contribution in [0.3, 0.4) is 0 Å². The van der Waals surface area contributed by atoms with Crippen molar-refractivity contribution in [1.29, 1.82) is 0 Å². The van der Waals surface area contributed by atoms with E-state index in [0.29, 0.717) is 23.9 Å². The number of rotatable bonds is 48. The molecule has 390 valence electrons. The van der Waals surface area contributed by atoms with Crippen LogP contribution in [-0.2, 0) is 18.4 Å². The maximum absolute atomic E-state index is 12.9. The second-order valence-corrected chi connectivity index (χ2v) is 20.6. The smallest absolute Gasteiger partial charge is 0.268 e. The molecule has 0 bridgehead atoms. The Labute approximate surface area is 419 Å². The number of allylic oxidation sites excluding steroid dienone is 18. The lowest BCUT2D eigenvalue weighted by Crippen LogP contribution is -2.46. The van der Waals surface area contributed by atoms with Gasteiger partial charge in [0, 0.05) is 6.42 Å². The van der Waals surface area contributed by atoms with Crippen molar-refractivity contribution >= 4 is 13.7 Å². The standard InChI is InChI=1S/C59H103N2O6P/c1-6-8-10-12-14-16-18-20-22-23-24-25-26-27-28-29-30-31-32-33-34-35-36-37-39-41-43-45-47-49-51-53-59(63)60-57(56-67-68(64,65)66-55-54-61(3,4)5)58(62)52-50-48-46-44-42-40-38-21-19-17-15-13-11-9-7-2/h8,10,14,16,20,22,24-25,27-28,30-31,33-34,36-37,41,43,57-58,62H,6-7,9,11-13,15,17-19,21,23,26,29,32,35,38-40,42,44-56H2,1-5H3,(H-,60,63,64,65)/b10-8-,16-14-,22-20-,25-24-,28-27-,31-30-,34-33-,37-36-,43-41-. The zero-order valence-electron chi connectivity index (χ0n) is 44.3. The molecule has 0 spiro atoms. The first-order chi connectivity index (χ1) is 33.0. The quantitative estimate of drug-likeness (QED) is 0.0272. The lowest BCUT2D eigenvalue weighted by atomic mass is 10.0. The topological polar surface area (TPSA) is 108 Å². The Morgan fingerprint density at radius 3 is 1.29 bits per heavy atom. The van der Waals surface area contributed by atoms with Crippen LogP contribution in [0, 0.1) is 0 Å². The minimum Gasteiger partial charge on any atom is -0.756 e. The summed E-state index contributed by atoms with van der Waals surface area (Å²) in [6.07, 6.45) is 71.1. The molecule has 0 rings (SSSR count). The van der Waals surface area contributed by atoms with Gasteiger partial charge in [-0.05, 0) is 83.5 Å². The maximum Gasteiger partial charge on any atom is 0.268 e. The van der Waals surface area contributed by atoms with E-state index >= 15 is 0 Å². The SMILES string of the molecule is CC/C=C\C/C=C\C/C=C\C/C=C\C/C=C\C/C=C\C/C=C\C/C=C\C/C=C\CCCCCC(=O)NC(COP(=O)([O-])OCC[N+](C)(C)C)C(O)CCCCCCCCCCCCCCCCC. The van der Waals surface area contributed by atoms with Gasteiger partial charge in [0.05, 0.1) is 39.9 Å². The Bertz CT molecular complexity index is 1470. The van der Waals surface area contributed by atoms with E-state index in [1.165, 1.54) is 77.0 Å². The van der Waals surface area contributed by atoms with Crippen molar-refractivity contribution in [3.8, 4) is 0 Å². The molecule has 2 N–H and O–H groups in total. The number of unbranched alkanes of at least 4 members (excludes halogenated alkanes) is 17. The molecule has 9 heteroatoms. The molecule has 1 amide bonds. The van der Waals surface area contributed by atoms with Crippen molar-refractivity contribution in [2.24, 2.45) is 0 Å². The number of hydrogen-bond acceptors (Lipinski definition) is 6. The molecule has 68 heavy (non-hydrogen) atoms. The highest BCUT2D eigenvalue weighted by Gasteiger charge is 2.24.